The van der Waals surface area contributed by atoms with E-state index in [1.807, 2.05) is 11.9 Å². The van der Waals surface area contributed by atoms with E-state index in [2.05, 4.69) is 10.6 Å². The lowest BCUT2D eigenvalue weighted by Crippen LogP contribution is -2.46. The zero-order chi connectivity index (χ0) is 16.2. The summed E-state index contributed by atoms with van der Waals surface area (Å²) >= 11 is 0. The van der Waals surface area contributed by atoms with Crippen LogP contribution in [0.2, 0.25) is 0 Å². The highest BCUT2D eigenvalue weighted by molar-refractivity contribution is 5.74. The van der Waals surface area contributed by atoms with Crippen molar-refractivity contribution in [2.75, 3.05) is 25.0 Å². The molecule has 2 amide bonds. The Morgan fingerprint density at radius 2 is 2.13 bits per heavy atom. The molecule has 0 spiro atoms. The normalized spacial score (nSPS) is 25.4. The number of urea groups is 1. The van der Waals surface area contributed by atoms with Crippen molar-refractivity contribution < 1.29 is 13.9 Å². The van der Waals surface area contributed by atoms with Crippen molar-refractivity contribution in [3.63, 3.8) is 0 Å². The van der Waals surface area contributed by atoms with Gasteiger partial charge in [0.05, 0.1) is 18.2 Å². The van der Waals surface area contributed by atoms with Gasteiger partial charge in [-0.3, -0.25) is 0 Å². The summed E-state index contributed by atoms with van der Waals surface area (Å²) in [5.74, 6) is -0.231. The van der Waals surface area contributed by atoms with Crippen LogP contribution in [0, 0.1) is 5.82 Å². The maximum Gasteiger partial charge on any atom is 0.315 e. The molecule has 2 fully saturated rings. The zero-order valence-corrected chi connectivity index (χ0v) is 13.4. The Morgan fingerprint density at radius 3 is 2.78 bits per heavy atom. The summed E-state index contributed by atoms with van der Waals surface area (Å²) in [6.07, 6.45) is 4.49. The standard InChI is InChI=1S/C17H24FN3O2/c1-21(13-5-3-12(18)4-6-13)10-2-9-19-17(22)20-15-11-14-7-8-16(15)23-14/h3-6,14-16H,2,7-11H2,1H3,(H2,19,20,22). The van der Waals surface area contributed by atoms with Crippen molar-refractivity contribution >= 4 is 11.7 Å². The number of fused-ring (bicyclic) bond motifs is 2. The van der Waals surface area contributed by atoms with Gasteiger partial charge in [0.15, 0.2) is 0 Å². The minimum Gasteiger partial charge on any atom is -0.375 e. The molecule has 23 heavy (non-hydrogen) atoms. The van der Waals surface area contributed by atoms with Crippen molar-refractivity contribution in [3.8, 4) is 0 Å². The van der Waals surface area contributed by atoms with Crippen LogP contribution in [-0.2, 0) is 4.74 Å². The van der Waals surface area contributed by atoms with Crippen LogP contribution in [0.1, 0.15) is 25.7 Å². The van der Waals surface area contributed by atoms with Gasteiger partial charge in [0.1, 0.15) is 5.82 Å². The molecule has 1 aromatic rings. The van der Waals surface area contributed by atoms with Crippen LogP contribution < -0.4 is 15.5 Å². The number of ether oxygens (including phenoxy) is 1. The second-order valence-electron chi connectivity index (χ2n) is 6.37. The van der Waals surface area contributed by atoms with Crippen LogP contribution in [0.25, 0.3) is 0 Å². The molecule has 6 heteroatoms. The molecule has 1 aromatic carbocycles. The molecule has 3 atom stereocenters. The van der Waals surface area contributed by atoms with Crippen LogP contribution in [0.5, 0.6) is 0 Å². The van der Waals surface area contributed by atoms with Gasteiger partial charge in [-0.05, 0) is 49.9 Å². The molecule has 2 saturated heterocycles. The van der Waals surface area contributed by atoms with Crippen LogP contribution in [0.3, 0.4) is 0 Å². The van der Waals surface area contributed by atoms with E-state index < -0.39 is 0 Å². The maximum atomic E-state index is 12.9. The number of carbonyl (C=O) groups is 1. The molecule has 3 unspecified atom stereocenters. The lowest BCUT2D eigenvalue weighted by Gasteiger charge is -2.21. The molecule has 2 heterocycles. The smallest absolute Gasteiger partial charge is 0.315 e. The largest absolute Gasteiger partial charge is 0.375 e. The summed E-state index contributed by atoms with van der Waals surface area (Å²) < 4.78 is 18.6. The number of nitrogens with one attached hydrogen (secondary N) is 2. The summed E-state index contributed by atoms with van der Waals surface area (Å²) in [6.45, 7) is 1.40. The number of hydrogen-bond donors (Lipinski definition) is 2. The van der Waals surface area contributed by atoms with Gasteiger partial charge in [0.25, 0.3) is 0 Å². The molecule has 0 aromatic heterocycles. The topological polar surface area (TPSA) is 53.6 Å². The molecular weight excluding hydrogens is 297 g/mol. The Labute approximate surface area is 136 Å². The number of anilines is 1. The number of halogens is 1. The quantitative estimate of drug-likeness (QED) is 0.790. The first-order valence-electron chi connectivity index (χ1n) is 8.28. The van der Waals surface area contributed by atoms with Gasteiger partial charge in [-0.25, -0.2) is 9.18 Å². The average Bonchev–Trinajstić information content (AvgIpc) is 3.15. The highest BCUT2D eigenvalue weighted by Gasteiger charge is 2.41. The second-order valence-corrected chi connectivity index (χ2v) is 6.37. The van der Waals surface area contributed by atoms with Crippen molar-refractivity contribution in [2.24, 2.45) is 0 Å². The van der Waals surface area contributed by atoms with Crippen LogP contribution >= 0.6 is 0 Å². The fourth-order valence-electron chi connectivity index (χ4n) is 3.35. The van der Waals surface area contributed by atoms with Gasteiger partial charge in [-0.1, -0.05) is 0 Å². The lowest BCUT2D eigenvalue weighted by atomic mass is 9.96. The minimum atomic E-state index is -0.231. The summed E-state index contributed by atoms with van der Waals surface area (Å²) in [4.78, 5) is 13.9. The Bertz CT molecular complexity index is 537. The summed E-state index contributed by atoms with van der Waals surface area (Å²) in [5.41, 5.74) is 0.968. The first-order valence-corrected chi connectivity index (χ1v) is 8.28. The van der Waals surface area contributed by atoms with E-state index in [4.69, 9.17) is 4.74 Å². The van der Waals surface area contributed by atoms with Crippen molar-refractivity contribution in [3.05, 3.63) is 30.1 Å². The number of carbonyl (C=O) groups excluding carboxylic acids is 1. The van der Waals surface area contributed by atoms with E-state index >= 15 is 0 Å². The van der Waals surface area contributed by atoms with Crippen LogP contribution in [0.15, 0.2) is 24.3 Å². The van der Waals surface area contributed by atoms with Crippen molar-refractivity contribution in [2.45, 2.75) is 43.9 Å². The summed E-state index contributed by atoms with van der Waals surface area (Å²) in [6, 6.07) is 6.46. The fraction of sp³-hybridized carbons (Fsp3) is 0.588. The Hall–Kier alpha value is -1.82. The van der Waals surface area contributed by atoms with Crippen molar-refractivity contribution in [1.29, 1.82) is 0 Å². The molecular formula is C17H24FN3O2. The number of hydrogen-bond acceptors (Lipinski definition) is 3. The van der Waals surface area contributed by atoms with E-state index in [-0.39, 0.29) is 24.0 Å². The Morgan fingerprint density at radius 1 is 1.35 bits per heavy atom. The third kappa shape index (κ3) is 4.13. The number of rotatable bonds is 6. The molecule has 0 radical (unpaired) electrons. The molecule has 2 N–H and O–H groups in total. The van der Waals surface area contributed by atoms with E-state index in [0.29, 0.717) is 12.6 Å². The number of amides is 2. The third-order valence-corrected chi connectivity index (χ3v) is 4.65. The molecule has 2 bridgehead atoms. The first-order chi connectivity index (χ1) is 11.1. The van der Waals surface area contributed by atoms with E-state index in [1.165, 1.54) is 12.1 Å². The van der Waals surface area contributed by atoms with Gasteiger partial charge >= 0.3 is 6.03 Å². The number of nitrogens with zero attached hydrogens (tertiary/aromatic N) is 1. The molecule has 0 aliphatic carbocycles. The van der Waals surface area contributed by atoms with Gasteiger partial charge in [0.2, 0.25) is 0 Å². The van der Waals surface area contributed by atoms with Gasteiger partial charge in [0, 0.05) is 25.8 Å². The molecule has 2 aliphatic rings. The molecule has 3 rings (SSSR count). The predicted molar refractivity (Wildman–Crippen MR) is 87.1 cm³/mol. The van der Waals surface area contributed by atoms with Gasteiger partial charge < -0.3 is 20.3 Å². The SMILES string of the molecule is CN(CCCNC(=O)NC1CC2CCC1O2)c1ccc(F)cc1. The van der Waals surface area contributed by atoms with Crippen LogP contribution in [0.4, 0.5) is 14.9 Å². The van der Waals surface area contributed by atoms with Crippen molar-refractivity contribution in [1.82, 2.24) is 10.6 Å². The predicted octanol–water partition coefficient (Wildman–Crippen LogP) is 2.27. The second kappa shape index (κ2) is 7.17. The molecule has 5 nitrogen and oxygen atoms in total. The first kappa shape index (κ1) is 16.1. The minimum absolute atomic E-state index is 0.115. The van der Waals surface area contributed by atoms with E-state index in [0.717, 1.165) is 37.9 Å². The third-order valence-electron chi connectivity index (χ3n) is 4.65. The highest BCUT2D eigenvalue weighted by atomic mass is 19.1. The highest BCUT2D eigenvalue weighted by Crippen LogP contribution is 2.34. The molecule has 0 saturated carbocycles. The molecule has 2 aliphatic heterocycles. The number of benzene rings is 1. The summed E-state index contributed by atoms with van der Waals surface area (Å²) in [5, 5.41) is 5.90. The van der Waals surface area contributed by atoms with E-state index in [9.17, 15) is 9.18 Å². The Balaban J connectivity index is 1.31. The maximum absolute atomic E-state index is 12.9. The van der Waals surface area contributed by atoms with E-state index in [1.54, 1.807) is 12.1 Å². The summed E-state index contributed by atoms with van der Waals surface area (Å²) in [7, 11) is 1.96. The Kier molecular flexibility index (Phi) is 5.00. The molecule has 126 valence electrons. The monoisotopic (exact) mass is 321 g/mol. The van der Waals surface area contributed by atoms with Gasteiger partial charge in [-0.15, -0.1) is 0 Å². The fourth-order valence-corrected chi connectivity index (χ4v) is 3.35. The van der Waals surface area contributed by atoms with Gasteiger partial charge in [-0.2, -0.15) is 0 Å². The zero-order valence-electron chi connectivity index (χ0n) is 13.4. The average molecular weight is 321 g/mol. The van der Waals surface area contributed by atoms with Crippen LogP contribution in [-0.4, -0.2) is 44.4 Å². The lowest BCUT2D eigenvalue weighted by molar-refractivity contribution is 0.0981.